The average Bonchev–Trinajstić information content (AvgIpc) is 2.94. The van der Waals surface area contributed by atoms with E-state index in [1.54, 1.807) is 0 Å². The first kappa shape index (κ1) is 8.43. The van der Waals surface area contributed by atoms with E-state index in [0.29, 0.717) is 0 Å². The van der Waals surface area contributed by atoms with Crippen LogP contribution in [0.2, 0.25) is 0 Å². The number of hydrogen-bond donors (Lipinski definition) is 0. The number of para-hydroxylation sites is 1. The second-order valence-electron chi connectivity index (χ2n) is 4.27. The van der Waals surface area contributed by atoms with E-state index >= 15 is 0 Å². The van der Waals surface area contributed by atoms with Crippen molar-refractivity contribution in [1.29, 1.82) is 0 Å². The van der Waals surface area contributed by atoms with Crippen LogP contribution < -0.4 is 0 Å². The van der Waals surface area contributed by atoms with Gasteiger partial charge >= 0.3 is 0 Å². The fourth-order valence-corrected chi connectivity index (χ4v) is 2.01. The number of imidazole rings is 1. The molecule has 0 saturated heterocycles. The Kier molecular flexibility index (Phi) is 2.57. The Morgan fingerprint density at radius 3 is 2.77 bits per heavy atom. The van der Waals surface area contributed by atoms with Gasteiger partial charge in [0, 0.05) is 46.4 Å². The Hall–Kier alpha value is -2.21. The van der Waals surface area contributed by atoms with Crippen LogP contribution in [0.5, 0.6) is 0 Å². The van der Waals surface area contributed by atoms with Gasteiger partial charge < -0.3 is 4.57 Å². The minimum absolute atomic E-state index is 0. The van der Waals surface area contributed by atoms with Crippen molar-refractivity contribution < 1.29 is 31.1 Å². The molecule has 3 rings (SSSR count). The molecular formula is C18H14IrN3-. The van der Waals surface area contributed by atoms with E-state index < -0.39 is 26.0 Å². The maximum Gasteiger partial charge on any atom is 0.109 e. The first-order chi connectivity index (χ1) is 13.4. The molecule has 0 unspecified atom stereocenters. The van der Waals surface area contributed by atoms with Crippen LogP contribution in [-0.4, -0.2) is 9.55 Å². The molecule has 0 amide bonds. The maximum atomic E-state index is 8.28. The first-order valence-corrected chi connectivity index (χ1v) is 6.05. The van der Waals surface area contributed by atoms with Gasteiger partial charge in [-0.25, -0.2) is 0 Å². The minimum Gasteiger partial charge on any atom is -0.340 e. The monoisotopic (exact) mass is 473 g/mol. The largest absolute Gasteiger partial charge is 0.340 e. The zero-order chi connectivity index (χ0) is 21.6. The van der Waals surface area contributed by atoms with Gasteiger partial charge in [0.25, 0.3) is 0 Å². The molecule has 1 heterocycles. The molecule has 0 atom stereocenters. The molecule has 0 aliphatic rings. The molecule has 111 valence electrons. The molecule has 0 spiro atoms. The fraction of sp³-hybridized carbons (Fsp3) is 0.111. The summed E-state index contributed by atoms with van der Waals surface area (Å²) in [6, 6.07) is 11.1. The summed E-state index contributed by atoms with van der Waals surface area (Å²) in [7, 11) is 0. The van der Waals surface area contributed by atoms with Crippen molar-refractivity contribution in [2.24, 2.45) is 0 Å². The van der Waals surface area contributed by atoms with Gasteiger partial charge in [0.05, 0.1) is 15.1 Å². The molecule has 1 radical (unpaired) electrons. The number of aromatic nitrogens is 2. The summed E-state index contributed by atoms with van der Waals surface area (Å²) in [6.07, 6.45) is -0.928. The van der Waals surface area contributed by atoms with Crippen molar-refractivity contribution in [1.82, 2.24) is 9.55 Å². The molecular weight excluding hydrogens is 450 g/mol. The van der Waals surface area contributed by atoms with Crippen molar-refractivity contribution in [3.05, 3.63) is 77.4 Å². The Bertz CT molecular complexity index is 1090. The molecule has 0 aliphatic heterocycles. The molecule has 22 heavy (non-hydrogen) atoms. The van der Waals surface area contributed by atoms with Crippen molar-refractivity contribution in [2.45, 2.75) is 13.7 Å². The summed E-state index contributed by atoms with van der Waals surface area (Å²) in [5.41, 5.74) is -0.298. The third-order valence-electron chi connectivity index (χ3n) is 2.95. The van der Waals surface area contributed by atoms with E-state index in [1.165, 1.54) is 36.4 Å². The number of rotatable bonds is 2. The van der Waals surface area contributed by atoms with E-state index in [-0.39, 0.29) is 54.0 Å². The summed E-state index contributed by atoms with van der Waals surface area (Å²) in [5, 5.41) is 0. The van der Waals surface area contributed by atoms with E-state index in [9.17, 15) is 0 Å². The second-order valence-corrected chi connectivity index (χ2v) is 4.27. The van der Waals surface area contributed by atoms with Crippen LogP contribution in [0, 0.1) is 26.3 Å². The van der Waals surface area contributed by atoms with Gasteiger partial charge in [-0.3, -0.25) is 9.83 Å². The molecule has 3 nitrogen and oxygen atoms in total. The fourth-order valence-electron chi connectivity index (χ4n) is 2.01. The summed E-state index contributed by atoms with van der Waals surface area (Å²) in [4.78, 5) is 7.34. The molecule has 0 fully saturated rings. The third kappa shape index (κ3) is 2.87. The van der Waals surface area contributed by atoms with Crippen LogP contribution in [0.1, 0.15) is 22.1 Å². The van der Waals surface area contributed by atoms with Crippen LogP contribution in [-0.2, 0) is 20.1 Å². The third-order valence-corrected chi connectivity index (χ3v) is 2.95. The predicted molar refractivity (Wildman–Crippen MR) is 83.6 cm³/mol. The van der Waals surface area contributed by atoms with Crippen molar-refractivity contribution in [3.63, 3.8) is 0 Å². The number of aryl methyl sites for hydroxylation is 2. The summed E-state index contributed by atoms with van der Waals surface area (Å²) < 4.78 is 64.3. The van der Waals surface area contributed by atoms with Crippen LogP contribution in [0.3, 0.4) is 0 Å². The molecule has 2 aromatic carbocycles. The van der Waals surface area contributed by atoms with Crippen molar-refractivity contribution >= 4 is 5.69 Å². The van der Waals surface area contributed by atoms with Crippen molar-refractivity contribution in [2.75, 3.05) is 0 Å². The van der Waals surface area contributed by atoms with Gasteiger partial charge in [-0.05, 0) is 24.8 Å². The van der Waals surface area contributed by atoms with E-state index in [0.717, 1.165) is 4.57 Å². The van der Waals surface area contributed by atoms with Crippen LogP contribution in [0.25, 0.3) is 21.9 Å². The quantitative estimate of drug-likeness (QED) is 0.504. The first-order valence-electron chi connectivity index (χ1n) is 10.0. The summed E-state index contributed by atoms with van der Waals surface area (Å²) in [5.74, 6) is -0.0345. The Labute approximate surface area is 155 Å². The number of benzene rings is 2. The Balaban J connectivity index is 0.00000320. The van der Waals surface area contributed by atoms with Crippen molar-refractivity contribution in [3.8, 4) is 17.1 Å². The summed E-state index contributed by atoms with van der Waals surface area (Å²) in [6.45, 7) is 1.82. The molecule has 0 N–H and O–H groups in total. The number of nitrogens with zero attached hydrogens (tertiary/aromatic N) is 3. The van der Waals surface area contributed by atoms with Crippen LogP contribution >= 0.6 is 0 Å². The Morgan fingerprint density at radius 2 is 2.09 bits per heavy atom. The molecule has 4 heteroatoms. The number of hydrogen-bond acceptors (Lipinski definition) is 1. The van der Waals surface area contributed by atoms with Gasteiger partial charge in [0.2, 0.25) is 0 Å². The summed E-state index contributed by atoms with van der Waals surface area (Å²) >= 11 is 0. The smallest absolute Gasteiger partial charge is 0.109 e. The van der Waals surface area contributed by atoms with Crippen LogP contribution in [0.4, 0.5) is 5.69 Å². The maximum absolute atomic E-state index is 8.28. The standard InChI is InChI=1S/C18H14N3.Ir/c1-13-6-4-7-14(2)17(13)21-11-10-20-18(21)15-8-5-9-16(12-15)19-3;/h4-7,9-12H,1-2H3;/q-1;/i1D3,2D3,10D,11D;. The average molecular weight is 473 g/mol. The van der Waals surface area contributed by atoms with Gasteiger partial charge in [-0.1, -0.05) is 18.2 Å². The van der Waals surface area contributed by atoms with Gasteiger partial charge in [-0.15, -0.1) is 23.8 Å². The SMILES string of the molecule is [2H]c1nc(-c2[c-]ccc([N+]#[C-])c2)n(-c2c(C([2H])([2H])[2H])cccc2C([2H])([2H])[2H])c1[2H].[Ir]. The topological polar surface area (TPSA) is 22.2 Å². The molecule has 1 aromatic heterocycles. The predicted octanol–water partition coefficient (Wildman–Crippen LogP) is 4.50. The zero-order valence-corrected chi connectivity index (χ0v) is 13.5. The van der Waals surface area contributed by atoms with E-state index in [1.807, 2.05) is 0 Å². The van der Waals surface area contributed by atoms with Gasteiger partial charge in [0.15, 0.2) is 0 Å². The van der Waals surface area contributed by atoms with Crippen LogP contribution in [0.15, 0.2) is 48.7 Å². The minimum atomic E-state index is -2.67. The molecule has 0 bridgehead atoms. The Morgan fingerprint density at radius 1 is 1.32 bits per heavy atom. The van der Waals surface area contributed by atoms with Gasteiger partial charge in [-0.2, -0.15) is 6.07 Å². The molecule has 3 aromatic rings. The van der Waals surface area contributed by atoms with E-state index in [4.69, 9.17) is 17.5 Å². The molecule has 0 aliphatic carbocycles. The normalized spacial score (nSPS) is 16.3. The zero-order valence-electron chi connectivity index (χ0n) is 19.1. The van der Waals surface area contributed by atoms with E-state index in [2.05, 4.69) is 15.9 Å². The molecule has 0 saturated carbocycles. The van der Waals surface area contributed by atoms with Gasteiger partial charge in [0.1, 0.15) is 5.69 Å². The second kappa shape index (κ2) is 6.70.